The Bertz CT molecular complexity index is 475. The van der Waals surface area contributed by atoms with Gasteiger partial charge in [0.2, 0.25) is 0 Å². The molecule has 2 aromatic rings. The number of anilines is 1. The van der Waals surface area contributed by atoms with E-state index >= 15 is 0 Å². The molecule has 0 saturated heterocycles. The van der Waals surface area contributed by atoms with Crippen molar-refractivity contribution >= 4 is 16.6 Å². The smallest absolute Gasteiger partial charge is 0.134 e. The van der Waals surface area contributed by atoms with E-state index in [9.17, 15) is 0 Å². The highest BCUT2D eigenvalue weighted by Crippen LogP contribution is 2.23. The summed E-state index contributed by atoms with van der Waals surface area (Å²) in [6, 6.07) is 8.78. The number of benzene rings is 1. The molecule has 0 spiro atoms. The Morgan fingerprint density at radius 3 is 2.67 bits per heavy atom. The normalized spacial score (nSPS) is 10.9. The van der Waals surface area contributed by atoms with Gasteiger partial charge in [-0.15, -0.1) is 0 Å². The van der Waals surface area contributed by atoms with Gasteiger partial charge in [-0.2, -0.15) is 0 Å². The summed E-state index contributed by atoms with van der Waals surface area (Å²) in [5.74, 6) is 0.978. The second kappa shape index (κ2) is 3.89. The lowest BCUT2D eigenvalue weighted by Crippen LogP contribution is -2.11. The maximum atomic E-state index is 4.38. The molecule has 1 N–H and O–H groups in total. The zero-order valence-electron chi connectivity index (χ0n) is 9.41. The number of rotatable bonds is 2. The molecular formula is C13H16N2. The summed E-state index contributed by atoms with van der Waals surface area (Å²) < 4.78 is 0. The van der Waals surface area contributed by atoms with Crippen LogP contribution in [0.2, 0.25) is 0 Å². The average Bonchev–Trinajstić information content (AvgIpc) is 2.19. The molecule has 2 rings (SSSR count). The van der Waals surface area contributed by atoms with Crippen LogP contribution in [-0.4, -0.2) is 11.0 Å². The van der Waals surface area contributed by atoms with Crippen molar-refractivity contribution in [2.24, 2.45) is 0 Å². The zero-order valence-corrected chi connectivity index (χ0v) is 9.41. The van der Waals surface area contributed by atoms with E-state index in [1.165, 1.54) is 16.3 Å². The molecule has 1 aromatic carbocycles. The van der Waals surface area contributed by atoms with Crippen molar-refractivity contribution in [3.8, 4) is 0 Å². The van der Waals surface area contributed by atoms with Gasteiger partial charge in [-0.1, -0.05) is 18.2 Å². The largest absolute Gasteiger partial charge is 0.367 e. The van der Waals surface area contributed by atoms with Crippen LogP contribution in [0.3, 0.4) is 0 Å². The number of nitrogens with one attached hydrogen (secondary N) is 1. The fourth-order valence-corrected chi connectivity index (χ4v) is 1.75. The Balaban J connectivity index is 2.61. The van der Waals surface area contributed by atoms with Crippen LogP contribution in [-0.2, 0) is 0 Å². The first-order chi connectivity index (χ1) is 7.18. The summed E-state index contributed by atoms with van der Waals surface area (Å²) in [4.78, 5) is 4.38. The van der Waals surface area contributed by atoms with Gasteiger partial charge < -0.3 is 5.32 Å². The second-order valence-corrected chi connectivity index (χ2v) is 4.13. The first kappa shape index (κ1) is 9.97. The van der Waals surface area contributed by atoms with Gasteiger partial charge in [0, 0.05) is 17.6 Å². The van der Waals surface area contributed by atoms with Crippen molar-refractivity contribution in [2.75, 3.05) is 5.32 Å². The van der Waals surface area contributed by atoms with Crippen LogP contribution in [0.25, 0.3) is 10.8 Å². The molecule has 2 heteroatoms. The molecule has 0 atom stereocenters. The summed E-state index contributed by atoms with van der Waals surface area (Å²) in [7, 11) is 0. The molecule has 0 unspecified atom stereocenters. The van der Waals surface area contributed by atoms with Gasteiger partial charge in [-0.05, 0) is 37.8 Å². The number of aromatic nitrogens is 1. The number of hydrogen-bond acceptors (Lipinski definition) is 2. The maximum absolute atomic E-state index is 4.38. The van der Waals surface area contributed by atoms with Crippen molar-refractivity contribution < 1.29 is 0 Å². The Labute approximate surface area is 90.3 Å². The number of pyridine rings is 1. The number of fused-ring (bicyclic) bond motifs is 1. The maximum Gasteiger partial charge on any atom is 0.134 e. The molecule has 0 aliphatic rings. The SMILES string of the molecule is Cc1cccc2c(NC(C)C)nccc12. The lowest BCUT2D eigenvalue weighted by atomic mass is 10.1. The predicted molar refractivity (Wildman–Crippen MR) is 65.2 cm³/mol. The Kier molecular flexibility index (Phi) is 2.58. The molecule has 0 fully saturated rings. The molecule has 2 nitrogen and oxygen atoms in total. The molecule has 1 aromatic heterocycles. The topological polar surface area (TPSA) is 24.9 Å². The second-order valence-electron chi connectivity index (χ2n) is 4.13. The van der Waals surface area contributed by atoms with Gasteiger partial charge in [0.05, 0.1) is 0 Å². The van der Waals surface area contributed by atoms with Crippen LogP contribution < -0.4 is 5.32 Å². The minimum atomic E-state index is 0.406. The van der Waals surface area contributed by atoms with E-state index < -0.39 is 0 Å². The lowest BCUT2D eigenvalue weighted by Gasteiger charge is -2.12. The minimum Gasteiger partial charge on any atom is -0.367 e. The molecule has 0 amide bonds. The monoisotopic (exact) mass is 200 g/mol. The van der Waals surface area contributed by atoms with Crippen molar-refractivity contribution in [1.29, 1.82) is 0 Å². The molecule has 78 valence electrons. The van der Waals surface area contributed by atoms with Gasteiger partial charge in [-0.3, -0.25) is 0 Å². The first-order valence-corrected chi connectivity index (χ1v) is 5.29. The summed E-state index contributed by atoms with van der Waals surface area (Å²) in [6.45, 7) is 6.37. The van der Waals surface area contributed by atoms with Gasteiger partial charge in [0.1, 0.15) is 5.82 Å². The van der Waals surface area contributed by atoms with Crippen LogP contribution in [0.5, 0.6) is 0 Å². The highest BCUT2D eigenvalue weighted by atomic mass is 15.0. The average molecular weight is 200 g/mol. The summed E-state index contributed by atoms with van der Waals surface area (Å²) in [5, 5.41) is 5.84. The molecule has 15 heavy (non-hydrogen) atoms. The highest BCUT2D eigenvalue weighted by Gasteiger charge is 2.04. The summed E-state index contributed by atoms with van der Waals surface area (Å²) in [6.07, 6.45) is 1.86. The third kappa shape index (κ3) is 1.94. The van der Waals surface area contributed by atoms with Crippen molar-refractivity contribution in [3.63, 3.8) is 0 Å². The number of hydrogen-bond donors (Lipinski definition) is 1. The van der Waals surface area contributed by atoms with Crippen molar-refractivity contribution in [2.45, 2.75) is 26.8 Å². The van der Waals surface area contributed by atoms with Crippen LogP contribution in [0, 0.1) is 6.92 Å². The third-order valence-corrected chi connectivity index (χ3v) is 2.45. The summed E-state index contributed by atoms with van der Waals surface area (Å²) in [5.41, 5.74) is 1.29. The third-order valence-electron chi connectivity index (χ3n) is 2.45. The van der Waals surface area contributed by atoms with Crippen LogP contribution in [0.1, 0.15) is 19.4 Å². The fourth-order valence-electron chi connectivity index (χ4n) is 1.75. The molecule has 0 radical (unpaired) electrons. The quantitative estimate of drug-likeness (QED) is 0.804. The van der Waals surface area contributed by atoms with Crippen LogP contribution in [0.4, 0.5) is 5.82 Å². The lowest BCUT2D eigenvalue weighted by molar-refractivity contribution is 0.892. The molecule has 1 heterocycles. The van der Waals surface area contributed by atoms with Crippen molar-refractivity contribution in [3.05, 3.63) is 36.0 Å². The van der Waals surface area contributed by atoms with Crippen LogP contribution in [0.15, 0.2) is 30.5 Å². The van der Waals surface area contributed by atoms with Gasteiger partial charge >= 0.3 is 0 Å². The number of nitrogens with zero attached hydrogens (tertiary/aromatic N) is 1. The van der Waals surface area contributed by atoms with E-state index in [2.05, 4.69) is 55.3 Å². The van der Waals surface area contributed by atoms with Crippen LogP contribution >= 0.6 is 0 Å². The van der Waals surface area contributed by atoms with Gasteiger partial charge in [-0.25, -0.2) is 4.98 Å². The van der Waals surface area contributed by atoms with Crippen molar-refractivity contribution in [1.82, 2.24) is 4.98 Å². The molecule has 0 bridgehead atoms. The van der Waals surface area contributed by atoms with E-state index in [0.29, 0.717) is 6.04 Å². The fraction of sp³-hybridized carbons (Fsp3) is 0.308. The molecule has 0 saturated carbocycles. The Morgan fingerprint density at radius 2 is 1.93 bits per heavy atom. The predicted octanol–water partition coefficient (Wildman–Crippen LogP) is 3.36. The molecule has 0 aliphatic heterocycles. The molecule has 0 aliphatic carbocycles. The van der Waals surface area contributed by atoms with Gasteiger partial charge in [0.15, 0.2) is 0 Å². The zero-order chi connectivity index (χ0) is 10.8. The van der Waals surface area contributed by atoms with E-state index in [-0.39, 0.29) is 0 Å². The van der Waals surface area contributed by atoms with E-state index in [0.717, 1.165) is 5.82 Å². The Hall–Kier alpha value is -1.57. The van der Waals surface area contributed by atoms with E-state index in [4.69, 9.17) is 0 Å². The summed E-state index contributed by atoms with van der Waals surface area (Å²) >= 11 is 0. The molecular weight excluding hydrogens is 184 g/mol. The Morgan fingerprint density at radius 1 is 1.13 bits per heavy atom. The number of aryl methyl sites for hydroxylation is 1. The van der Waals surface area contributed by atoms with E-state index in [1.54, 1.807) is 0 Å². The minimum absolute atomic E-state index is 0.406. The highest BCUT2D eigenvalue weighted by molar-refractivity contribution is 5.93. The first-order valence-electron chi connectivity index (χ1n) is 5.29. The standard InChI is InChI=1S/C13H16N2/c1-9(2)15-13-12-6-4-5-10(3)11(12)7-8-14-13/h4-9H,1-3H3,(H,14,15). The van der Waals surface area contributed by atoms with Gasteiger partial charge in [0.25, 0.3) is 0 Å². The van der Waals surface area contributed by atoms with E-state index in [1.807, 2.05) is 6.20 Å².